The monoisotopic (exact) mass is 475 g/mol. The summed E-state index contributed by atoms with van der Waals surface area (Å²) in [6, 6.07) is 0.558. The average molecular weight is 474 g/mol. The Morgan fingerprint density at radius 1 is 1.09 bits per heavy atom. The van der Waals surface area contributed by atoms with E-state index in [1.165, 1.54) is 32.1 Å². The van der Waals surface area contributed by atoms with Gasteiger partial charge in [-0.3, -0.25) is 0 Å². The van der Waals surface area contributed by atoms with Crippen LogP contribution >= 0.6 is 0 Å². The molecule has 0 N–H and O–H groups in total. The van der Waals surface area contributed by atoms with Gasteiger partial charge in [-0.05, 0) is 12.8 Å². The van der Waals surface area contributed by atoms with Crippen molar-refractivity contribution in [2.24, 2.45) is 0 Å². The molecule has 22 heavy (non-hydrogen) atoms. The van der Waals surface area contributed by atoms with Gasteiger partial charge < -0.3 is 23.4 Å². The summed E-state index contributed by atoms with van der Waals surface area (Å²) in [5.41, 5.74) is 1.59. The second-order valence-electron chi connectivity index (χ2n) is 4.97. The zero-order valence-electron chi connectivity index (χ0n) is 15.9. The Hall–Kier alpha value is 0.230. The molecular formula is C18H37HfN3. The Balaban J connectivity index is -0.000000176. The molecule has 4 heteroatoms. The van der Waals surface area contributed by atoms with E-state index in [9.17, 15) is 0 Å². The molecule has 0 aromatic rings. The van der Waals surface area contributed by atoms with E-state index in [-0.39, 0.29) is 33.3 Å². The van der Waals surface area contributed by atoms with Gasteiger partial charge in [-0.15, -0.1) is 12.6 Å². The summed E-state index contributed by atoms with van der Waals surface area (Å²) < 4.78 is 0. The van der Waals surface area contributed by atoms with Crippen LogP contribution in [0.4, 0.5) is 0 Å². The molecule has 0 fully saturated rings. The van der Waals surface area contributed by atoms with Gasteiger partial charge in [-0.25, -0.2) is 0 Å². The van der Waals surface area contributed by atoms with Crippen molar-refractivity contribution >= 4 is 0 Å². The standard InChI is InChI=1S/C13H22N.2C2H6N.CH3.Hf/c1-3-12(2)14-11-7-6-10-13-8-4-5-9-13;2*1-3-2;;/h4-5,8,12H,3,6-7,9-11H2,1-2H3;2*1-2H3;1H3;/q4*-1;+4. The number of nitrogens with zero attached hydrogens (tertiary/aromatic N) is 3. The number of rotatable bonds is 7. The smallest absolute Gasteiger partial charge is 0.668 e. The normalized spacial score (nSPS) is 12.5. The Bertz CT molecular complexity index is 238. The van der Waals surface area contributed by atoms with E-state index in [1.54, 1.807) is 33.8 Å². The van der Waals surface area contributed by atoms with Crippen LogP contribution in [0.1, 0.15) is 46.0 Å². The average Bonchev–Trinajstić information content (AvgIpc) is 2.93. The molecule has 0 aliphatic heterocycles. The fourth-order valence-electron chi connectivity index (χ4n) is 1.58. The molecule has 0 spiro atoms. The predicted molar refractivity (Wildman–Crippen MR) is 100 cm³/mol. The fraction of sp³-hybridized carbons (Fsp3) is 0.722. The third-order valence-electron chi connectivity index (χ3n) is 2.79. The molecular weight excluding hydrogens is 437 g/mol. The summed E-state index contributed by atoms with van der Waals surface area (Å²) in [7, 11) is 7.00. The van der Waals surface area contributed by atoms with E-state index < -0.39 is 0 Å². The van der Waals surface area contributed by atoms with E-state index in [0.29, 0.717) is 6.04 Å². The molecule has 1 atom stereocenters. The molecule has 1 unspecified atom stereocenters. The van der Waals surface area contributed by atoms with E-state index in [4.69, 9.17) is 0 Å². The number of hydrogen-bond donors (Lipinski definition) is 0. The van der Waals surface area contributed by atoms with E-state index in [2.05, 4.69) is 48.0 Å². The fourth-order valence-corrected chi connectivity index (χ4v) is 1.58. The minimum absolute atomic E-state index is 0. The van der Waals surface area contributed by atoms with E-state index in [1.807, 2.05) is 0 Å². The summed E-state index contributed by atoms with van der Waals surface area (Å²) in [4.78, 5) is 0. The van der Waals surface area contributed by atoms with Crippen molar-refractivity contribution in [2.75, 3.05) is 34.7 Å². The van der Waals surface area contributed by atoms with Crippen molar-refractivity contribution in [1.29, 1.82) is 0 Å². The molecule has 0 bridgehead atoms. The van der Waals surface area contributed by atoms with Crippen molar-refractivity contribution in [2.45, 2.75) is 52.0 Å². The molecule has 0 amide bonds. The van der Waals surface area contributed by atoms with Crippen LogP contribution in [-0.4, -0.2) is 40.8 Å². The molecule has 0 aromatic heterocycles. The van der Waals surface area contributed by atoms with Gasteiger partial charge in [-0.1, -0.05) is 56.9 Å². The van der Waals surface area contributed by atoms with Crippen LogP contribution in [0.2, 0.25) is 0 Å². The van der Waals surface area contributed by atoms with Gasteiger partial charge in [0, 0.05) is 0 Å². The zero-order chi connectivity index (χ0) is 15.6. The van der Waals surface area contributed by atoms with Gasteiger partial charge in [0.1, 0.15) is 0 Å². The second-order valence-corrected chi connectivity index (χ2v) is 4.97. The largest absolute Gasteiger partial charge is 4.00 e. The Labute approximate surface area is 159 Å². The molecule has 1 aliphatic rings. The maximum atomic E-state index is 4.57. The third kappa shape index (κ3) is 25.2. The molecule has 1 rings (SSSR count). The van der Waals surface area contributed by atoms with E-state index >= 15 is 0 Å². The molecule has 1 aliphatic carbocycles. The van der Waals surface area contributed by atoms with Crippen LogP contribution in [-0.2, 0) is 25.8 Å². The van der Waals surface area contributed by atoms with Gasteiger partial charge in [0.05, 0.1) is 0 Å². The summed E-state index contributed by atoms with van der Waals surface area (Å²) >= 11 is 0. The molecule has 0 radical (unpaired) electrons. The molecule has 128 valence electrons. The van der Waals surface area contributed by atoms with Crippen LogP contribution in [0, 0.1) is 7.43 Å². The van der Waals surface area contributed by atoms with Crippen molar-refractivity contribution < 1.29 is 25.8 Å². The van der Waals surface area contributed by atoms with Crippen molar-refractivity contribution in [3.8, 4) is 0 Å². The minimum Gasteiger partial charge on any atom is -0.668 e. The maximum absolute atomic E-state index is 4.57. The van der Waals surface area contributed by atoms with Gasteiger partial charge in [0.15, 0.2) is 0 Å². The molecule has 0 saturated carbocycles. The van der Waals surface area contributed by atoms with Crippen LogP contribution in [0.5, 0.6) is 0 Å². The summed E-state index contributed by atoms with van der Waals surface area (Å²) in [6.07, 6.45) is 12.8. The van der Waals surface area contributed by atoms with Crippen molar-refractivity contribution in [3.05, 3.63) is 47.2 Å². The van der Waals surface area contributed by atoms with Crippen LogP contribution < -0.4 is 0 Å². The first-order valence-electron chi connectivity index (χ1n) is 7.63. The summed E-state index contributed by atoms with van der Waals surface area (Å²) in [5.74, 6) is 0. The van der Waals surface area contributed by atoms with E-state index in [0.717, 1.165) is 6.54 Å². The topological polar surface area (TPSA) is 42.3 Å². The van der Waals surface area contributed by atoms with Crippen molar-refractivity contribution in [1.82, 2.24) is 0 Å². The van der Waals surface area contributed by atoms with Crippen LogP contribution in [0.25, 0.3) is 16.0 Å². The Morgan fingerprint density at radius 3 is 2.05 bits per heavy atom. The van der Waals surface area contributed by atoms with Gasteiger partial charge in [-0.2, -0.15) is 28.2 Å². The predicted octanol–water partition coefficient (Wildman–Crippen LogP) is 5.90. The van der Waals surface area contributed by atoms with Gasteiger partial charge in [0.2, 0.25) is 0 Å². The first-order valence-corrected chi connectivity index (χ1v) is 7.63. The number of hydrogen-bond acceptors (Lipinski definition) is 0. The van der Waals surface area contributed by atoms with Crippen LogP contribution in [0.3, 0.4) is 0 Å². The molecule has 0 heterocycles. The first-order chi connectivity index (χ1) is 9.65. The molecule has 0 aromatic carbocycles. The van der Waals surface area contributed by atoms with Crippen molar-refractivity contribution in [3.63, 3.8) is 0 Å². The third-order valence-corrected chi connectivity index (χ3v) is 2.79. The number of unbranched alkanes of at least 4 members (excludes halogenated alkanes) is 1. The first kappa shape index (κ1) is 30.1. The molecule has 3 nitrogen and oxygen atoms in total. The number of allylic oxidation sites excluding steroid dienone is 4. The van der Waals surface area contributed by atoms with Gasteiger partial charge in [0.25, 0.3) is 0 Å². The zero-order valence-corrected chi connectivity index (χ0v) is 19.5. The van der Waals surface area contributed by atoms with Gasteiger partial charge >= 0.3 is 25.8 Å². The van der Waals surface area contributed by atoms with Crippen LogP contribution in [0.15, 0.2) is 23.8 Å². The summed E-state index contributed by atoms with van der Waals surface area (Å²) in [6.45, 7) is 5.45. The Morgan fingerprint density at radius 2 is 1.64 bits per heavy atom. The SMILES string of the molecule is CCC(C)[N-]CCCCC1=CC=CC1.C[N-]C.C[N-]C.[CH3-].[Hf+4]. The minimum atomic E-state index is 0. The molecule has 0 saturated heterocycles. The second kappa shape index (κ2) is 26.1. The maximum Gasteiger partial charge on any atom is 4.00 e. The quantitative estimate of drug-likeness (QED) is 0.251. The summed E-state index contributed by atoms with van der Waals surface area (Å²) in [5, 5.41) is 11.6. The Kier molecular flexibility index (Phi) is 35.8.